The summed E-state index contributed by atoms with van der Waals surface area (Å²) in [6, 6.07) is 4.90. The number of ether oxygens (including phenoxy) is 1. The monoisotopic (exact) mass is 422 g/mol. The number of nitrogens with zero attached hydrogens (tertiary/aromatic N) is 5. The topological polar surface area (TPSA) is 136 Å². The van der Waals surface area contributed by atoms with Crippen molar-refractivity contribution in [2.24, 2.45) is 0 Å². The number of hydrogen-bond donors (Lipinski definition) is 2. The molecule has 0 aliphatic carbocycles. The van der Waals surface area contributed by atoms with Gasteiger partial charge in [0, 0.05) is 17.4 Å². The molecule has 1 atom stereocenters. The number of anilines is 2. The van der Waals surface area contributed by atoms with Crippen LogP contribution in [0.3, 0.4) is 0 Å². The van der Waals surface area contributed by atoms with Crippen molar-refractivity contribution in [2.75, 3.05) is 23.8 Å². The van der Waals surface area contributed by atoms with E-state index < -0.39 is 12.0 Å². The van der Waals surface area contributed by atoms with Gasteiger partial charge in [-0.2, -0.15) is 5.10 Å². The van der Waals surface area contributed by atoms with Gasteiger partial charge in [0.05, 0.1) is 12.7 Å². The first-order valence-corrected chi connectivity index (χ1v) is 9.83. The molecule has 0 radical (unpaired) electrons. The van der Waals surface area contributed by atoms with Gasteiger partial charge in [0.2, 0.25) is 5.88 Å². The normalized spacial score (nSPS) is 14.5. The van der Waals surface area contributed by atoms with Crippen molar-refractivity contribution in [3.63, 3.8) is 0 Å². The van der Waals surface area contributed by atoms with Crippen LogP contribution in [0.5, 0.6) is 5.88 Å². The number of amides is 1. The van der Waals surface area contributed by atoms with E-state index in [0.717, 1.165) is 16.7 Å². The summed E-state index contributed by atoms with van der Waals surface area (Å²) in [6.07, 6.45) is 5.07. The fraction of sp³-hybridized carbons (Fsp3) is 0.286. The highest BCUT2D eigenvalue weighted by atomic mass is 16.5. The predicted octanol–water partition coefficient (Wildman–Crippen LogP) is 2.31. The standard InChI is InChI=1S/C21H22N6O4/c1-3-16(21(29)30)27-10-13(9-25-27)15-5-4-14(8-12(15)2)26-6-7-31-19-17(20(26)28)18(22)23-11-24-19/h4-5,8-11,16H,3,6-7H2,1-2H3,(H,29,30)(H2,22,23,24). The zero-order valence-corrected chi connectivity index (χ0v) is 17.1. The average Bonchev–Trinajstić information content (AvgIpc) is 3.13. The van der Waals surface area contributed by atoms with Gasteiger partial charge in [-0.05, 0) is 36.6 Å². The Hall–Kier alpha value is -3.95. The maximum Gasteiger partial charge on any atom is 0.328 e. The van der Waals surface area contributed by atoms with Gasteiger partial charge in [0.15, 0.2) is 0 Å². The molecule has 1 amide bonds. The van der Waals surface area contributed by atoms with Crippen molar-refractivity contribution in [3.05, 3.63) is 48.0 Å². The third kappa shape index (κ3) is 3.67. The molecule has 31 heavy (non-hydrogen) atoms. The zero-order chi connectivity index (χ0) is 22.1. The number of hydrogen-bond acceptors (Lipinski definition) is 7. The number of carbonyl (C=O) groups excluding carboxylic acids is 1. The molecule has 0 fully saturated rings. The Labute approximate surface area is 178 Å². The number of aromatic nitrogens is 4. The quantitative estimate of drug-likeness (QED) is 0.639. The van der Waals surface area contributed by atoms with Gasteiger partial charge in [-0.1, -0.05) is 13.0 Å². The second kappa shape index (κ2) is 8.05. The van der Waals surface area contributed by atoms with Crippen LogP contribution in [0.2, 0.25) is 0 Å². The molecule has 160 valence electrons. The summed E-state index contributed by atoms with van der Waals surface area (Å²) in [6.45, 7) is 4.34. The summed E-state index contributed by atoms with van der Waals surface area (Å²) in [5.74, 6) is -0.983. The molecule has 0 bridgehead atoms. The third-order valence-electron chi connectivity index (χ3n) is 5.28. The number of nitrogens with two attached hydrogens (primary N) is 1. The average molecular weight is 422 g/mol. The lowest BCUT2D eigenvalue weighted by molar-refractivity contribution is -0.141. The lowest BCUT2D eigenvalue weighted by atomic mass is 10.0. The van der Waals surface area contributed by atoms with Gasteiger partial charge >= 0.3 is 5.97 Å². The summed E-state index contributed by atoms with van der Waals surface area (Å²) >= 11 is 0. The Morgan fingerprint density at radius 2 is 2.16 bits per heavy atom. The van der Waals surface area contributed by atoms with Crippen LogP contribution < -0.4 is 15.4 Å². The van der Waals surface area contributed by atoms with Crippen LogP contribution in [0.15, 0.2) is 36.9 Å². The number of aliphatic carboxylic acids is 1. The second-order valence-corrected chi connectivity index (χ2v) is 7.21. The molecule has 1 aliphatic heterocycles. The Morgan fingerprint density at radius 1 is 1.35 bits per heavy atom. The molecule has 0 spiro atoms. The number of aryl methyl sites for hydroxylation is 1. The molecule has 2 aromatic heterocycles. The number of fused-ring (bicyclic) bond motifs is 1. The third-order valence-corrected chi connectivity index (χ3v) is 5.28. The van der Waals surface area contributed by atoms with E-state index >= 15 is 0 Å². The number of benzene rings is 1. The molecule has 1 aromatic carbocycles. The first kappa shape index (κ1) is 20.3. The largest absolute Gasteiger partial charge is 0.480 e. The van der Waals surface area contributed by atoms with Gasteiger partial charge < -0.3 is 20.5 Å². The van der Waals surface area contributed by atoms with E-state index in [2.05, 4.69) is 15.1 Å². The minimum absolute atomic E-state index is 0.0755. The SMILES string of the molecule is CCC(C(=O)O)n1cc(-c2ccc(N3CCOc4ncnc(N)c4C3=O)cc2C)cn1. The second-order valence-electron chi connectivity index (χ2n) is 7.21. The van der Waals surface area contributed by atoms with E-state index in [0.29, 0.717) is 18.7 Å². The molecule has 4 rings (SSSR count). The van der Waals surface area contributed by atoms with Crippen LogP contribution >= 0.6 is 0 Å². The van der Waals surface area contributed by atoms with Crippen LogP contribution in [-0.2, 0) is 4.79 Å². The van der Waals surface area contributed by atoms with Crippen LogP contribution in [0, 0.1) is 6.92 Å². The van der Waals surface area contributed by atoms with Crippen LogP contribution in [0.25, 0.3) is 11.1 Å². The number of nitrogen functional groups attached to an aromatic ring is 1. The highest BCUT2D eigenvalue weighted by Crippen LogP contribution is 2.31. The molecule has 0 saturated carbocycles. The fourth-order valence-electron chi connectivity index (χ4n) is 3.67. The smallest absolute Gasteiger partial charge is 0.328 e. The Bertz CT molecular complexity index is 1160. The van der Waals surface area contributed by atoms with Crippen LogP contribution in [0.1, 0.15) is 35.3 Å². The maximum atomic E-state index is 13.1. The zero-order valence-electron chi connectivity index (χ0n) is 17.1. The van der Waals surface area contributed by atoms with E-state index in [-0.39, 0.29) is 29.8 Å². The van der Waals surface area contributed by atoms with E-state index in [1.165, 1.54) is 11.0 Å². The van der Waals surface area contributed by atoms with Gasteiger partial charge in [0.1, 0.15) is 30.4 Å². The Balaban J connectivity index is 1.65. The van der Waals surface area contributed by atoms with Crippen molar-refractivity contribution < 1.29 is 19.4 Å². The first-order valence-electron chi connectivity index (χ1n) is 9.83. The van der Waals surface area contributed by atoms with Crippen molar-refractivity contribution in [3.8, 4) is 17.0 Å². The molecule has 3 N–H and O–H groups in total. The molecule has 0 saturated heterocycles. The van der Waals surface area contributed by atoms with Crippen LogP contribution in [0.4, 0.5) is 11.5 Å². The van der Waals surface area contributed by atoms with E-state index in [9.17, 15) is 14.7 Å². The van der Waals surface area contributed by atoms with Gasteiger partial charge in [0.25, 0.3) is 5.91 Å². The van der Waals surface area contributed by atoms with E-state index in [4.69, 9.17) is 10.5 Å². The molecular weight excluding hydrogens is 400 g/mol. The molecule has 1 unspecified atom stereocenters. The van der Waals surface area contributed by atoms with Crippen molar-refractivity contribution in [2.45, 2.75) is 26.3 Å². The summed E-state index contributed by atoms with van der Waals surface area (Å²) in [5.41, 5.74) is 9.36. The Morgan fingerprint density at radius 3 is 2.87 bits per heavy atom. The minimum Gasteiger partial charge on any atom is -0.480 e. The maximum absolute atomic E-state index is 13.1. The van der Waals surface area contributed by atoms with E-state index in [1.807, 2.05) is 25.1 Å². The minimum atomic E-state index is -0.922. The highest BCUT2D eigenvalue weighted by molar-refractivity contribution is 6.10. The van der Waals surface area contributed by atoms with Crippen molar-refractivity contribution >= 4 is 23.4 Å². The first-order chi connectivity index (χ1) is 14.9. The fourth-order valence-corrected chi connectivity index (χ4v) is 3.67. The predicted molar refractivity (Wildman–Crippen MR) is 113 cm³/mol. The van der Waals surface area contributed by atoms with Crippen LogP contribution in [-0.4, -0.2) is 49.9 Å². The number of carboxylic acid groups (broad SMARTS) is 1. The lowest BCUT2D eigenvalue weighted by Gasteiger charge is -2.21. The van der Waals surface area contributed by atoms with E-state index in [1.54, 1.807) is 24.2 Å². The van der Waals surface area contributed by atoms with Crippen molar-refractivity contribution in [1.82, 2.24) is 19.7 Å². The molecule has 3 aromatic rings. The lowest BCUT2D eigenvalue weighted by Crippen LogP contribution is -2.32. The molecule has 10 nitrogen and oxygen atoms in total. The summed E-state index contributed by atoms with van der Waals surface area (Å²) in [5, 5.41) is 13.6. The van der Waals surface area contributed by atoms with Crippen molar-refractivity contribution in [1.29, 1.82) is 0 Å². The molecule has 3 heterocycles. The number of carbonyl (C=O) groups is 2. The van der Waals surface area contributed by atoms with Gasteiger partial charge in [-0.25, -0.2) is 14.8 Å². The summed E-state index contributed by atoms with van der Waals surface area (Å²) in [7, 11) is 0. The molecule has 1 aliphatic rings. The summed E-state index contributed by atoms with van der Waals surface area (Å²) in [4.78, 5) is 34.0. The summed E-state index contributed by atoms with van der Waals surface area (Å²) < 4.78 is 7.04. The number of carboxylic acids is 1. The van der Waals surface area contributed by atoms with Gasteiger partial charge in [-0.15, -0.1) is 0 Å². The highest BCUT2D eigenvalue weighted by Gasteiger charge is 2.29. The molecule has 10 heteroatoms. The Kier molecular flexibility index (Phi) is 5.28. The van der Waals surface area contributed by atoms with Gasteiger partial charge in [-0.3, -0.25) is 9.48 Å². The molecular formula is C21H22N6O4. The number of rotatable bonds is 5.